The van der Waals surface area contributed by atoms with Gasteiger partial charge in [0.1, 0.15) is 14.7 Å². The number of amides is 1. The van der Waals surface area contributed by atoms with Gasteiger partial charge in [-0.25, -0.2) is 14.8 Å². The topological polar surface area (TPSA) is 84.4 Å². The summed E-state index contributed by atoms with van der Waals surface area (Å²) >= 11 is 2.87. The van der Waals surface area contributed by atoms with E-state index in [4.69, 9.17) is 9.72 Å². The van der Waals surface area contributed by atoms with Gasteiger partial charge in [-0.05, 0) is 45.2 Å². The van der Waals surface area contributed by atoms with Crippen LogP contribution in [0.3, 0.4) is 0 Å². The monoisotopic (exact) mass is 480 g/mol. The van der Waals surface area contributed by atoms with Gasteiger partial charge in [0.15, 0.2) is 0 Å². The van der Waals surface area contributed by atoms with Crippen molar-refractivity contribution in [3.05, 3.63) is 74.7 Å². The smallest absolute Gasteiger partial charge is 0.350 e. The molecule has 1 amide bonds. The molecule has 3 aromatic heterocycles. The van der Waals surface area contributed by atoms with E-state index >= 15 is 0 Å². The highest BCUT2D eigenvalue weighted by Crippen LogP contribution is 2.36. The van der Waals surface area contributed by atoms with E-state index in [-0.39, 0.29) is 11.9 Å². The number of thiophene rings is 1. The molecule has 0 fully saturated rings. The number of fused-ring (bicyclic) bond motifs is 1. The van der Waals surface area contributed by atoms with Crippen molar-refractivity contribution in [3.8, 4) is 0 Å². The summed E-state index contributed by atoms with van der Waals surface area (Å²) in [4.78, 5) is 37.7. The predicted molar refractivity (Wildman–Crippen MR) is 132 cm³/mol. The van der Waals surface area contributed by atoms with Crippen molar-refractivity contribution < 1.29 is 14.3 Å². The normalized spacial score (nSPS) is 12.2. The van der Waals surface area contributed by atoms with E-state index in [2.05, 4.69) is 27.5 Å². The van der Waals surface area contributed by atoms with Crippen molar-refractivity contribution in [1.82, 2.24) is 14.9 Å². The zero-order valence-corrected chi connectivity index (χ0v) is 20.4. The van der Waals surface area contributed by atoms with Crippen LogP contribution in [0, 0.1) is 6.92 Å². The van der Waals surface area contributed by atoms with E-state index in [0.717, 1.165) is 16.4 Å². The van der Waals surface area contributed by atoms with Crippen LogP contribution in [0.4, 0.5) is 5.69 Å². The fourth-order valence-corrected chi connectivity index (χ4v) is 5.37. The van der Waals surface area contributed by atoms with Gasteiger partial charge in [-0.2, -0.15) is 0 Å². The van der Waals surface area contributed by atoms with Crippen LogP contribution in [0.1, 0.15) is 49.4 Å². The Morgan fingerprint density at radius 1 is 1.15 bits per heavy atom. The fourth-order valence-electron chi connectivity index (χ4n) is 3.39. The van der Waals surface area contributed by atoms with E-state index in [0.29, 0.717) is 32.9 Å². The van der Waals surface area contributed by atoms with E-state index in [9.17, 15) is 9.59 Å². The number of ether oxygens (including phenoxy) is 1. The van der Waals surface area contributed by atoms with Gasteiger partial charge in [0.25, 0.3) is 5.91 Å². The number of esters is 1. The molecule has 0 bridgehead atoms. The molecule has 1 N–H and O–H groups in total. The number of anilines is 1. The lowest BCUT2D eigenvalue weighted by Gasteiger charge is -2.22. The van der Waals surface area contributed by atoms with Gasteiger partial charge in [-0.1, -0.05) is 18.2 Å². The molecule has 0 aliphatic rings. The summed E-state index contributed by atoms with van der Waals surface area (Å²) in [5, 5.41) is 6.70. The lowest BCUT2D eigenvalue weighted by atomic mass is 10.2. The van der Waals surface area contributed by atoms with Gasteiger partial charge >= 0.3 is 5.97 Å². The molecule has 0 radical (unpaired) electrons. The van der Waals surface area contributed by atoms with Crippen molar-refractivity contribution in [2.24, 2.45) is 0 Å². The Balaban J connectivity index is 1.62. The summed E-state index contributed by atoms with van der Waals surface area (Å²) in [6.07, 6.45) is 0. The first-order chi connectivity index (χ1) is 15.9. The largest absolute Gasteiger partial charge is 0.465 e. The number of benzene rings is 1. The molecule has 1 aromatic carbocycles. The summed E-state index contributed by atoms with van der Waals surface area (Å²) in [7, 11) is 3.36. The number of hydrogen-bond acceptors (Lipinski definition) is 8. The van der Waals surface area contributed by atoms with Crippen LogP contribution >= 0.6 is 22.7 Å². The third-order valence-electron chi connectivity index (χ3n) is 5.33. The number of methoxy groups -OCH3 is 1. The second-order valence-electron chi connectivity index (χ2n) is 7.69. The summed E-state index contributed by atoms with van der Waals surface area (Å²) in [5.41, 5.74) is 2.82. The summed E-state index contributed by atoms with van der Waals surface area (Å²) in [5.74, 6) is -0.801. The predicted octanol–water partition coefficient (Wildman–Crippen LogP) is 5.29. The van der Waals surface area contributed by atoms with E-state index in [1.807, 2.05) is 32.2 Å². The minimum absolute atomic E-state index is 0.149. The summed E-state index contributed by atoms with van der Waals surface area (Å²) in [6, 6.07) is 12.8. The summed E-state index contributed by atoms with van der Waals surface area (Å²) < 4.78 is 4.95. The Morgan fingerprint density at radius 2 is 1.91 bits per heavy atom. The molecule has 1 atom stereocenters. The molecule has 0 saturated carbocycles. The van der Waals surface area contributed by atoms with Gasteiger partial charge in [0.2, 0.25) is 0 Å². The molecular weight excluding hydrogens is 456 g/mol. The number of aryl methyl sites for hydroxylation is 1. The maximum absolute atomic E-state index is 12.8. The first-order valence-corrected chi connectivity index (χ1v) is 12.1. The van der Waals surface area contributed by atoms with Gasteiger partial charge in [-0.3, -0.25) is 9.69 Å². The van der Waals surface area contributed by atoms with Crippen LogP contribution in [0.25, 0.3) is 10.2 Å². The zero-order chi connectivity index (χ0) is 23.5. The average Bonchev–Trinajstić information content (AvgIpc) is 3.42. The van der Waals surface area contributed by atoms with Crippen LogP contribution in [-0.2, 0) is 11.3 Å². The molecule has 0 aliphatic carbocycles. The number of nitrogens with one attached hydrogen (secondary N) is 1. The van der Waals surface area contributed by atoms with Crippen LogP contribution in [0.2, 0.25) is 0 Å². The minimum Gasteiger partial charge on any atom is -0.465 e. The lowest BCUT2D eigenvalue weighted by Crippen LogP contribution is -2.22. The molecule has 7 nitrogen and oxygen atoms in total. The quantitative estimate of drug-likeness (QED) is 0.362. The van der Waals surface area contributed by atoms with Crippen molar-refractivity contribution >= 4 is 50.5 Å². The third kappa shape index (κ3) is 4.95. The number of rotatable bonds is 7. The Labute approximate surface area is 200 Å². The first kappa shape index (κ1) is 23.0. The van der Waals surface area contributed by atoms with Gasteiger partial charge in [0, 0.05) is 28.6 Å². The first-order valence-electron chi connectivity index (χ1n) is 10.4. The van der Waals surface area contributed by atoms with Gasteiger partial charge in [0.05, 0.1) is 24.5 Å². The van der Waals surface area contributed by atoms with E-state index < -0.39 is 5.97 Å². The summed E-state index contributed by atoms with van der Waals surface area (Å²) in [6.45, 7) is 4.73. The van der Waals surface area contributed by atoms with Crippen molar-refractivity contribution in [3.63, 3.8) is 0 Å². The maximum atomic E-state index is 12.8. The van der Waals surface area contributed by atoms with Gasteiger partial charge in [-0.15, -0.1) is 22.7 Å². The number of hydrogen-bond donors (Lipinski definition) is 1. The standard InChI is InChI=1S/C24H24N4O3S2/c1-14-13-32-22(25-14)15(2)28(3)12-17-10-11-18-19(20(24(30)31-4)33-23(18)26-17)27-21(29)16-8-6-5-7-9-16/h5-11,13,15H,12H2,1-4H3,(H,27,29)/t15-/m1/s1. The highest BCUT2D eigenvalue weighted by atomic mass is 32.1. The van der Waals surface area contributed by atoms with Crippen LogP contribution in [-0.4, -0.2) is 40.9 Å². The van der Waals surface area contributed by atoms with E-state index in [1.165, 1.54) is 18.4 Å². The minimum atomic E-state index is -0.507. The highest BCUT2D eigenvalue weighted by molar-refractivity contribution is 7.21. The third-order valence-corrected chi connectivity index (χ3v) is 7.54. The molecule has 4 aromatic rings. The van der Waals surface area contributed by atoms with E-state index in [1.54, 1.807) is 35.6 Å². The lowest BCUT2D eigenvalue weighted by molar-refractivity contribution is 0.0607. The molecule has 9 heteroatoms. The van der Waals surface area contributed by atoms with Crippen molar-refractivity contribution in [2.75, 3.05) is 19.5 Å². The molecule has 4 rings (SSSR count). The molecule has 3 heterocycles. The van der Waals surface area contributed by atoms with Crippen molar-refractivity contribution in [1.29, 1.82) is 0 Å². The molecule has 0 spiro atoms. The maximum Gasteiger partial charge on any atom is 0.350 e. The average molecular weight is 481 g/mol. The molecule has 0 saturated heterocycles. The Morgan fingerprint density at radius 3 is 2.58 bits per heavy atom. The molecule has 33 heavy (non-hydrogen) atoms. The van der Waals surface area contributed by atoms with Crippen LogP contribution in [0.5, 0.6) is 0 Å². The van der Waals surface area contributed by atoms with Crippen LogP contribution in [0.15, 0.2) is 47.8 Å². The van der Waals surface area contributed by atoms with Gasteiger partial charge < -0.3 is 10.1 Å². The Bertz CT molecular complexity index is 1300. The number of nitrogens with zero attached hydrogens (tertiary/aromatic N) is 3. The molecule has 0 aliphatic heterocycles. The number of carbonyl (C=O) groups excluding carboxylic acids is 2. The second kappa shape index (κ2) is 9.78. The number of pyridine rings is 1. The molecular formula is C24H24N4O3S2. The molecule has 0 unspecified atom stereocenters. The SMILES string of the molecule is COC(=O)c1sc2nc(CN(C)[C@H](C)c3nc(C)cs3)ccc2c1NC(=O)c1ccccc1. The van der Waals surface area contributed by atoms with Crippen LogP contribution < -0.4 is 5.32 Å². The number of carbonyl (C=O) groups is 2. The Kier molecular flexibility index (Phi) is 6.83. The van der Waals surface area contributed by atoms with Crippen molar-refractivity contribution in [2.45, 2.75) is 26.4 Å². The second-order valence-corrected chi connectivity index (χ2v) is 9.58. The fraction of sp³-hybridized carbons (Fsp3) is 0.250. The Hall–Kier alpha value is -3.14. The number of aromatic nitrogens is 2. The zero-order valence-electron chi connectivity index (χ0n) is 18.8. The number of thiazole rings is 1. The molecule has 170 valence electrons. The highest BCUT2D eigenvalue weighted by Gasteiger charge is 2.23.